The first kappa shape index (κ1) is 24.3. The lowest BCUT2D eigenvalue weighted by atomic mass is 9.98. The highest BCUT2D eigenvalue weighted by Crippen LogP contribution is 2.27. The lowest BCUT2D eigenvalue weighted by molar-refractivity contribution is -0.120. The minimum Gasteiger partial charge on any atom is -0.372 e. The van der Waals surface area contributed by atoms with Gasteiger partial charge in [0.2, 0.25) is 15.9 Å². The molecule has 1 amide bonds. The summed E-state index contributed by atoms with van der Waals surface area (Å²) in [4.78, 5) is 15.3. The monoisotopic (exact) mass is 509 g/mol. The SMILES string of the molecule is O=C(Nc1ccc(N2CCCCC2)cc1)[C@H]1CCCN(S(=O)(=O)Cc2ccc(Cl)c(Cl)c2)C1. The molecule has 0 unspecified atom stereocenters. The van der Waals surface area contributed by atoms with E-state index in [0.717, 1.165) is 18.8 Å². The Morgan fingerprint density at radius 2 is 1.67 bits per heavy atom. The quantitative estimate of drug-likeness (QED) is 0.583. The highest BCUT2D eigenvalue weighted by atomic mass is 35.5. The molecule has 9 heteroatoms. The fourth-order valence-electron chi connectivity index (χ4n) is 4.49. The van der Waals surface area contributed by atoms with Gasteiger partial charge in [-0.1, -0.05) is 29.3 Å². The Bertz CT molecular complexity index is 1090. The molecular weight excluding hydrogens is 481 g/mol. The van der Waals surface area contributed by atoms with E-state index in [1.165, 1.54) is 29.3 Å². The summed E-state index contributed by atoms with van der Waals surface area (Å²) in [6.45, 7) is 2.74. The van der Waals surface area contributed by atoms with Crippen LogP contribution in [0.5, 0.6) is 0 Å². The highest BCUT2D eigenvalue weighted by molar-refractivity contribution is 7.88. The summed E-state index contributed by atoms with van der Waals surface area (Å²) in [5.41, 5.74) is 2.48. The number of hydrogen-bond acceptors (Lipinski definition) is 4. The van der Waals surface area contributed by atoms with Crippen LogP contribution in [0.3, 0.4) is 0 Å². The molecule has 2 aliphatic rings. The Balaban J connectivity index is 1.36. The van der Waals surface area contributed by atoms with Crippen LogP contribution in [0.2, 0.25) is 10.0 Å². The predicted octanol–water partition coefficient (Wildman–Crippen LogP) is 5.16. The maximum atomic E-state index is 13.0. The molecule has 2 aromatic rings. The van der Waals surface area contributed by atoms with Crippen molar-refractivity contribution in [3.8, 4) is 0 Å². The van der Waals surface area contributed by atoms with Gasteiger partial charge >= 0.3 is 0 Å². The Labute approximate surface area is 205 Å². The van der Waals surface area contributed by atoms with Crippen molar-refractivity contribution in [2.75, 3.05) is 36.4 Å². The van der Waals surface area contributed by atoms with Crippen LogP contribution < -0.4 is 10.2 Å². The first-order chi connectivity index (χ1) is 15.8. The molecule has 2 aromatic carbocycles. The Morgan fingerprint density at radius 3 is 2.36 bits per heavy atom. The molecule has 2 fully saturated rings. The Hall–Kier alpha value is -1.80. The van der Waals surface area contributed by atoms with E-state index in [2.05, 4.69) is 10.2 Å². The fraction of sp³-hybridized carbons (Fsp3) is 0.458. The van der Waals surface area contributed by atoms with E-state index >= 15 is 0 Å². The van der Waals surface area contributed by atoms with Crippen LogP contribution in [0.25, 0.3) is 0 Å². The van der Waals surface area contributed by atoms with Crippen molar-refractivity contribution in [1.29, 1.82) is 0 Å². The molecular formula is C24H29Cl2N3O3S. The first-order valence-electron chi connectivity index (χ1n) is 11.4. The molecule has 0 radical (unpaired) electrons. The molecule has 1 N–H and O–H groups in total. The zero-order chi connectivity index (χ0) is 23.4. The third-order valence-electron chi connectivity index (χ3n) is 6.34. The van der Waals surface area contributed by atoms with E-state index in [1.807, 2.05) is 24.3 Å². The van der Waals surface area contributed by atoms with E-state index in [0.29, 0.717) is 35.0 Å². The maximum Gasteiger partial charge on any atom is 0.228 e. The highest BCUT2D eigenvalue weighted by Gasteiger charge is 2.32. The summed E-state index contributed by atoms with van der Waals surface area (Å²) in [5, 5.41) is 3.68. The summed E-state index contributed by atoms with van der Waals surface area (Å²) >= 11 is 12.0. The standard InChI is InChI=1S/C24H29Cl2N3O3S/c25-22-11-6-18(15-23(22)26)17-33(31,32)29-14-4-5-19(16-29)24(30)27-20-7-9-21(10-8-20)28-12-2-1-3-13-28/h6-11,15,19H,1-5,12-14,16-17H2,(H,27,30)/t19-/m0/s1. The minimum absolute atomic E-state index is 0.143. The van der Waals surface area contributed by atoms with Gasteiger partial charge in [-0.25, -0.2) is 12.7 Å². The van der Waals surface area contributed by atoms with Crippen molar-refractivity contribution in [2.24, 2.45) is 5.92 Å². The second-order valence-electron chi connectivity index (χ2n) is 8.79. The number of amides is 1. The van der Waals surface area contributed by atoms with Gasteiger partial charge in [0.15, 0.2) is 0 Å². The van der Waals surface area contributed by atoms with Crippen LogP contribution in [-0.4, -0.2) is 44.8 Å². The number of rotatable bonds is 6. The van der Waals surface area contributed by atoms with Gasteiger partial charge in [-0.2, -0.15) is 0 Å². The largest absolute Gasteiger partial charge is 0.372 e. The number of piperidine rings is 2. The minimum atomic E-state index is -3.58. The van der Waals surface area contributed by atoms with Gasteiger partial charge in [0.25, 0.3) is 0 Å². The van der Waals surface area contributed by atoms with Crippen molar-refractivity contribution in [3.63, 3.8) is 0 Å². The molecule has 0 spiro atoms. The fourth-order valence-corrected chi connectivity index (χ4v) is 6.41. The second-order valence-corrected chi connectivity index (χ2v) is 11.6. The molecule has 0 aliphatic carbocycles. The summed E-state index contributed by atoms with van der Waals surface area (Å²) < 4.78 is 27.4. The van der Waals surface area contributed by atoms with Crippen molar-refractivity contribution in [3.05, 3.63) is 58.1 Å². The van der Waals surface area contributed by atoms with Gasteiger partial charge in [0.05, 0.1) is 21.7 Å². The van der Waals surface area contributed by atoms with Crippen LogP contribution in [0.1, 0.15) is 37.7 Å². The first-order valence-corrected chi connectivity index (χ1v) is 13.8. The molecule has 178 valence electrons. The zero-order valence-electron chi connectivity index (χ0n) is 18.5. The number of carbonyl (C=O) groups excluding carboxylic acids is 1. The summed E-state index contributed by atoms with van der Waals surface area (Å²) in [6.07, 6.45) is 5.02. The molecule has 4 rings (SSSR count). The lowest BCUT2D eigenvalue weighted by Crippen LogP contribution is -2.44. The Kier molecular flexibility index (Phi) is 7.84. The zero-order valence-corrected chi connectivity index (χ0v) is 20.8. The average Bonchev–Trinajstić information content (AvgIpc) is 2.82. The number of halogens is 2. The van der Waals surface area contributed by atoms with Gasteiger partial charge in [0, 0.05) is 37.6 Å². The number of nitrogens with one attached hydrogen (secondary N) is 1. The van der Waals surface area contributed by atoms with Gasteiger partial charge in [-0.05, 0) is 74.1 Å². The van der Waals surface area contributed by atoms with Gasteiger partial charge < -0.3 is 10.2 Å². The van der Waals surface area contributed by atoms with Gasteiger partial charge in [-0.15, -0.1) is 0 Å². The summed E-state index contributed by atoms with van der Waals surface area (Å²) in [7, 11) is -3.58. The Morgan fingerprint density at radius 1 is 0.939 bits per heavy atom. The number of nitrogens with zero attached hydrogens (tertiary/aromatic N) is 2. The second kappa shape index (κ2) is 10.6. The number of anilines is 2. The van der Waals surface area contributed by atoms with Gasteiger partial charge in [0.1, 0.15) is 0 Å². The summed E-state index contributed by atoms with van der Waals surface area (Å²) in [5.74, 6) is -0.699. The van der Waals surface area contributed by atoms with Crippen molar-refractivity contribution < 1.29 is 13.2 Å². The van der Waals surface area contributed by atoms with E-state index < -0.39 is 10.0 Å². The molecule has 2 saturated heterocycles. The third-order valence-corrected chi connectivity index (χ3v) is 8.89. The molecule has 0 saturated carbocycles. The molecule has 6 nitrogen and oxygen atoms in total. The van der Waals surface area contributed by atoms with E-state index in [4.69, 9.17) is 23.2 Å². The molecule has 33 heavy (non-hydrogen) atoms. The van der Waals surface area contributed by atoms with Crippen molar-refractivity contribution in [2.45, 2.75) is 37.9 Å². The normalized spacial score (nSPS) is 19.9. The van der Waals surface area contributed by atoms with E-state index in [9.17, 15) is 13.2 Å². The number of hydrogen-bond donors (Lipinski definition) is 1. The van der Waals surface area contributed by atoms with Crippen molar-refractivity contribution in [1.82, 2.24) is 4.31 Å². The molecule has 2 heterocycles. The van der Waals surface area contributed by atoms with Crippen LogP contribution in [-0.2, 0) is 20.6 Å². The number of carbonyl (C=O) groups is 1. The van der Waals surface area contributed by atoms with E-state index in [1.54, 1.807) is 18.2 Å². The third kappa shape index (κ3) is 6.21. The van der Waals surface area contributed by atoms with Crippen LogP contribution in [0.4, 0.5) is 11.4 Å². The predicted molar refractivity (Wildman–Crippen MR) is 135 cm³/mol. The summed E-state index contributed by atoms with van der Waals surface area (Å²) in [6, 6.07) is 12.7. The van der Waals surface area contributed by atoms with Crippen LogP contribution in [0.15, 0.2) is 42.5 Å². The molecule has 1 atom stereocenters. The molecule has 2 aliphatic heterocycles. The topological polar surface area (TPSA) is 69.7 Å². The number of benzene rings is 2. The molecule has 0 bridgehead atoms. The smallest absolute Gasteiger partial charge is 0.228 e. The lowest BCUT2D eigenvalue weighted by Gasteiger charge is -2.31. The van der Waals surface area contributed by atoms with Gasteiger partial charge in [-0.3, -0.25) is 4.79 Å². The van der Waals surface area contributed by atoms with Crippen LogP contribution in [0, 0.1) is 5.92 Å². The average molecular weight is 510 g/mol. The molecule has 0 aromatic heterocycles. The van der Waals surface area contributed by atoms with Crippen molar-refractivity contribution >= 4 is 50.5 Å². The number of sulfonamides is 1. The van der Waals surface area contributed by atoms with E-state index in [-0.39, 0.29) is 24.1 Å². The maximum absolute atomic E-state index is 13.0. The van der Waals surface area contributed by atoms with Crippen LogP contribution >= 0.6 is 23.2 Å².